The molecule has 1 aromatic rings. The molecule has 0 aromatic carbocycles. The van der Waals surface area contributed by atoms with Crippen molar-refractivity contribution < 1.29 is 9.90 Å². The van der Waals surface area contributed by atoms with E-state index in [1.807, 2.05) is 13.2 Å². The van der Waals surface area contributed by atoms with Crippen molar-refractivity contribution in [3.05, 3.63) is 12.4 Å². The summed E-state index contributed by atoms with van der Waals surface area (Å²) < 4.78 is 0. The number of thioether (sulfide) groups is 1. The number of carboxylic acids is 1. The fourth-order valence-electron chi connectivity index (χ4n) is 1.41. The number of hydrogen-bond acceptors (Lipinski definition) is 5. The van der Waals surface area contributed by atoms with Crippen LogP contribution in [0.1, 0.15) is 13.3 Å². The van der Waals surface area contributed by atoms with Crippen molar-refractivity contribution >= 4 is 23.5 Å². The van der Waals surface area contributed by atoms with Gasteiger partial charge in [-0.05, 0) is 12.7 Å². The largest absolute Gasteiger partial charge is 0.480 e. The molecule has 16 heavy (non-hydrogen) atoms. The Balaban J connectivity index is 2.93. The maximum Gasteiger partial charge on any atom is 0.326 e. The van der Waals surface area contributed by atoms with Gasteiger partial charge in [0.1, 0.15) is 23.2 Å². The van der Waals surface area contributed by atoms with Gasteiger partial charge in [-0.25, -0.2) is 14.8 Å². The molecule has 0 radical (unpaired) electrons. The van der Waals surface area contributed by atoms with Crippen molar-refractivity contribution in [2.45, 2.75) is 24.4 Å². The van der Waals surface area contributed by atoms with E-state index in [9.17, 15) is 4.79 Å². The van der Waals surface area contributed by atoms with E-state index in [2.05, 4.69) is 9.97 Å². The molecule has 88 valence electrons. The Kier molecular flexibility index (Phi) is 4.54. The second-order valence-corrected chi connectivity index (χ2v) is 4.12. The number of rotatable bonds is 5. The molecule has 5 nitrogen and oxygen atoms in total. The van der Waals surface area contributed by atoms with Crippen molar-refractivity contribution in [2.24, 2.45) is 0 Å². The Hall–Kier alpha value is -1.30. The average Bonchev–Trinajstić information content (AvgIpc) is 2.29. The van der Waals surface area contributed by atoms with Crippen molar-refractivity contribution in [1.82, 2.24) is 9.97 Å². The molecular weight excluding hydrogens is 226 g/mol. The van der Waals surface area contributed by atoms with E-state index in [4.69, 9.17) is 5.11 Å². The lowest BCUT2D eigenvalue weighted by Gasteiger charge is -2.24. The smallest absolute Gasteiger partial charge is 0.326 e. The number of carbonyl (C=O) groups is 1. The molecule has 0 amide bonds. The fourth-order valence-corrected chi connectivity index (χ4v) is 1.78. The topological polar surface area (TPSA) is 66.3 Å². The monoisotopic (exact) mass is 241 g/mol. The van der Waals surface area contributed by atoms with E-state index in [1.165, 1.54) is 18.1 Å². The Labute approximate surface area is 98.9 Å². The lowest BCUT2D eigenvalue weighted by molar-refractivity contribution is -0.138. The number of hydrogen-bond donors (Lipinski definition) is 1. The van der Waals surface area contributed by atoms with Crippen LogP contribution in [0.2, 0.25) is 0 Å². The van der Waals surface area contributed by atoms with Gasteiger partial charge >= 0.3 is 5.97 Å². The van der Waals surface area contributed by atoms with Crippen LogP contribution in [0.4, 0.5) is 5.82 Å². The van der Waals surface area contributed by atoms with Crippen molar-refractivity contribution in [1.29, 1.82) is 0 Å². The third kappa shape index (κ3) is 2.85. The summed E-state index contributed by atoms with van der Waals surface area (Å²) in [7, 11) is 1.73. The molecule has 0 spiro atoms. The summed E-state index contributed by atoms with van der Waals surface area (Å²) in [5, 5.41) is 9.87. The van der Waals surface area contributed by atoms with Gasteiger partial charge < -0.3 is 10.0 Å². The summed E-state index contributed by atoms with van der Waals surface area (Å²) in [4.78, 5) is 20.8. The SMILES string of the molecule is CCC(C(=O)O)N(C)c1cc(SC)ncn1. The number of likely N-dealkylation sites (N-methyl/N-ethyl adjacent to an activating group) is 1. The van der Waals surface area contributed by atoms with E-state index in [0.29, 0.717) is 12.2 Å². The molecule has 1 unspecified atom stereocenters. The minimum absolute atomic E-state index is 0.532. The highest BCUT2D eigenvalue weighted by atomic mass is 32.2. The van der Waals surface area contributed by atoms with Gasteiger partial charge in [0.05, 0.1) is 0 Å². The number of aliphatic carboxylic acids is 1. The second-order valence-electron chi connectivity index (χ2n) is 3.29. The van der Waals surface area contributed by atoms with Gasteiger partial charge in [0.25, 0.3) is 0 Å². The first-order chi connectivity index (χ1) is 7.60. The molecule has 1 heterocycles. The molecule has 6 heteroatoms. The van der Waals surface area contributed by atoms with Gasteiger partial charge in [-0.3, -0.25) is 0 Å². The van der Waals surface area contributed by atoms with Gasteiger partial charge in [0, 0.05) is 13.1 Å². The Morgan fingerprint density at radius 2 is 2.31 bits per heavy atom. The van der Waals surface area contributed by atoms with Crippen LogP contribution < -0.4 is 4.90 Å². The molecule has 0 saturated heterocycles. The molecule has 0 fully saturated rings. The highest BCUT2D eigenvalue weighted by Crippen LogP contribution is 2.18. The number of nitrogens with zero attached hydrogens (tertiary/aromatic N) is 3. The van der Waals surface area contributed by atoms with Gasteiger partial charge in [0.15, 0.2) is 0 Å². The van der Waals surface area contributed by atoms with Crippen LogP contribution in [-0.2, 0) is 4.79 Å². The van der Waals surface area contributed by atoms with Gasteiger partial charge in [0.2, 0.25) is 0 Å². The predicted molar refractivity (Wildman–Crippen MR) is 63.9 cm³/mol. The number of aromatic nitrogens is 2. The standard InChI is InChI=1S/C10H15N3O2S/c1-4-7(10(14)15)13(2)8-5-9(16-3)12-6-11-8/h5-7H,4H2,1-3H3,(H,14,15). The first-order valence-corrected chi connectivity index (χ1v) is 6.14. The molecule has 0 bridgehead atoms. The van der Waals surface area contributed by atoms with Crippen LogP contribution in [0.25, 0.3) is 0 Å². The van der Waals surface area contributed by atoms with Crippen LogP contribution in [0.15, 0.2) is 17.4 Å². The van der Waals surface area contributed by atoms with E-state index < -0.39 is 12.0 Å². The zero-order valence-corrected chi connectivity index (χ0v) is 10.4. The minimum atomic E-state index is -0.839. The average molecular weight is 241 g/mol. The predicted octanol–water partition coefficient (Wildman–Crippen LogP) is 1.50. The maximum atomic E-state index is 11.0. The molecule has 0 aliphatic heterocycles. The van der Waals surface area contributed by atoms with Crippen molar-refractivity contribution in [3.63, 3.8) is 0 Å². The lowest BCUT2D eigenvalue weighted by atomic mass is 10.2. The number of anilines is 1. The summed E-state index contributed by atoms with van der Waals surface area (Å²) in [5.74, 6) is -0.206. The fraction of sp³-hybridized carbons (Fsp3) is 0.500. The maximum absolute atomic E-state index is 11.0. The first-order valence-electron chi connectivity index (χ1n) is 4.91. The zero-order chi connectivity index (χ0) is 12.1. The van der Waals surface area contributed by atoms with Crippen LogP contribution in [0.5, 0.6) is 0 Å². The summed E-state index contributed by atoms with van der Waals surface area (Å²) >= 11 is 1.50. The van der Waals surface area contributed by atoms with Gasteiger partial charge in [-0.2, -0.15) is 0 Å². The summed E-state index contributed by atoms with van der Waals surface area (Å²) in [6.45, 7) is 1.84. The Bertz CT molecular complexity index is 373. The quantitative estimate of drug-likeness (QED) is 0.622. The van der Waals surface area contributed by atoms with E-state index in [-0.39, 0.29) is 0 Å². The normalized spacial score (nSPS) is 12.2. The van der Waals surface area contributed by atoms with E-state index >= 15 is 0 Å². The summed E-state index contributed by atoms with van der Waals surface area (Å²) in [5.41, 5.74) is 0. The highest BCUT2D eigenvalue weighted by molar-refractivity contribution is 7.98. The third-order valence-electron chi connectivity index (χ3n) is 2.34. The molecule has 1 atom stereocenters. The Morgan fingerprint density at radius 1 is 1.62 bits per heavy atom. The Morgan fingerprint density at radius 3 is 2.81 bits per heavy atom. The van der Waals surface area contributed by atoms with Crippen molar-refractivity contribution in [3.8, 4) is 0 Å². The highest BCUT2D eigenvalue weighted by Gasteiger charge is 2.21. The molecule has 1 rings (SSSR count). The molecule has 0 aliphatic carbocycles. The molecule has 0 saturated carbocycles. The van der Waals surface area contributed by atoms with E-state index in [1.54, 1.807) is 18.0 Å². The first kappa shape index (κ1) is 12.8. The summed E-state index contributed by atoms with van der Waals surface area (Å²) in [6, 6.07) is 1.24. The van der Waals surface area contributed by atoms with Crippen LogP contribution in [-0.4, -0.2) is 40.4 Å². The molecule has 1 aromatic heterocycles. The number of carboxylic acid groups (broad SMARTS) is 1. The molecular formula is C10H15N3O2S. The van der Waals surface area contributed by atoms with Gasteiger partial charge in [-0.1, -0.05) is 6.92 Å². The third-order valence-corrected chi connectivity index (χ3v) is 2.98. The second kappa shape index (κ2) is 5.69. The zero-order valence-electron chi connectivity index (χ0n) is 9.54. The molecule has 0 aliphatic rings. The summed E-state index contributed by atoms with van der Waals surface area (Å²) in [6.07, 6.45) is 3.90. The molecule has 1 N–H and O–H groups in total. The van der Waals surface area contributed by atoms with Crippen LogP contribution in [0.3, 0.4) is 0 Å². The minimum Gasteiger partial charge on any atom is -0.480 e. The van der Waals surface area contributed by atoms with Crippen molar-refractivity contribution in [2.75, 3.05) is 18.2 Å². The van der Waals surface area contributed by atoms with Gasteiger partial charge in [-0.15, -0.1) is 11.8 Å². The van der Waals surface area contributed by atoms with E-state index in [0.717, 1.165) is 5.03 Å². The lowest BCUT2D eigenvalue weighted by Crippen LogP contribution is -2.38. The van der Waals surface area contributed by atoms with Crippen LogP contribution in [0, 0.1) is 0 Å². The van der Waals surface area contributed by atoms with Crippen LogP contribution >= 0.6 is 11.8 Å².